The zero-order valence-corrected chi connectivity index (χ0v) is 21.3. The van der Waals surface area contributed by atoms with Crippen LogP contribution in [0.15, 0.2) is 24.3 Å². The quantitative estimate of drug-likeness (QED) is 0.230. The Morgan fingerprint density at radius 3 is 1.83 bits per heavy atom. The van der Waals surface area contributed by atoms with E-state index in [-0.39, 0.29) is 17.1 Å². The van der Waals surface area contributed by atoms with E-state index >= 15 is 0 Å². The zero-order chi connectivity index (χ0) is 20.8. The molecule has 0 bridgehead atoms. The molecule has 0 amide bonds. The van der Waals surface area contributed by atoms with Gasteiger partial charge in [0.05, 0.1) is 0 Å². The minimum atomic E-state index is 0. The van der Waals surface area contributed by atoms with E-state index < -0.39 is 0 Å². The van der Waals surface area contributed by atoms with Crippen LogP contribution in [0, 0.1) is 0 Å². The van der Waals surface area contributed by atoms with Gasteiger partial charge in [-0.2, -0.15) is 51.6 Å². The van der Waals surface area contributed by atoms with E-state index in [4.69, 9.17) is 0 Å². The number of rotatable bonds is 12. The number of aryl methyl sites for hydroxylation is 4. The summed E-state index contributed by atoms with van der Waals surface area (Å²) >= 11 is 0. The summed E-state index contributed by atoms with van der Waals surface area (Å²) in [7, 11) is 0. The molecule has 2 rings (SSSR count). The Balaban J connectivity index is 0.000000568. The van der Waals surface area contributed by atoms with Gasteiger partial charge in [0, 0.05) is 0 Å². The van der Waals surface area contributed by atoms with Crippen molar-refractivity contribution in [2.24, 2.45) is 0 Å². The molecule has 0 aliphatic heterocycles. The van der Waals surface area contributed by atoms with Crippen molar-refractivity contribution in [2.75, 3.05) is 0 Å². The molecule has 0 radical (unpaired) electrons. The molecule has 0 saturated carbocycles. The van der Waals surface area contributed by atoms with Crippen LogP contribution in [0.3, 0.4) is 0 Å². The normalized spacial score (nSPS) is 10.4. The van der Waals surface area contributed by atoms with E-state index in [0.29, 0.717) is 0 Å². The summed E-state index contributed by atoms with van der Waals surface area (Å²) in [5.41, 5.74) is 9.85. The first-order valence-corrected chi connectivity index (χ1v) is 12.2. The molecule has 1 heteroatoms. The fourth-order valence-electron chi connectivity index (χ4n) is 4.40. The van der Waals surface area contributed by atoms with Crippen LogP contribution in [0.5, 0.6) is 0 Å². The molecule has 29 heavy (non-hydrogen) atoms. The molecule has 2 aromatic carbocycles. The minimum Gasteiger partial charge on any atom is -0.210 e. The summed E-state index contributed by atoms with van der Waals surface area (Å²) in [6, 6.07) is 9.21. The van der Waals surface area contributed by atoms with Crippen LogP contribution in [-0.2, 0) is 55.6 Å². The summed E-state index contributed by atoms with van der Waals surface area (Å²) in [5.74, 6) is 0. The van der Waals surface area contributed by atoms with Gasteiger partial charge in [0.25, 0.3) is 0 Å². The van der Waals surface area contributed by atoms with Crippen molar-refractivity contribution < 1.29 is 17.1 Å². The van der Waals surface area contributed by atoms with Gasteiger partial charge in [-0.25, -0.2) is 6.07 Å². The van der Waals surface area contributed by atoms with Crippen LogP contribution >= 0.6 is 0 Å². The second-order valence-electron chi connectivity index (χ2n) is 8.23. The maximum Gasteiger partial charge on any atom is 2.00 e. The maximum absolute atomic E-state index is 2.52. The van der Waals surface area contributed by atoms with Crippen molar-refractivity contribution in [3.63, 3.8) is 0 Å². The van der Waals surface area contributed by atoms with Gasteiger partial charge in [0.15, 0.2) is 0 Å². The van der Waals surface area contributed by atoms with E-state index in [1.807, 2.05) is 0 Å². The van der Waals surface area contributed by atoms with E-state index in [1.54, 1.807) is 33.4 Å². The molecule has 0 saturated heterocycles. The Hall–Kier alpha value is -0.781. The van der Waals surface area contributed by atoms with Crippen molar-refractivity contribution >= 4 is 0 Å². The van der Waals surface area contributed by atoms with Crippen molar-refractivity contribution in [2.45, 2.75) is 119 Å². The van der Waals surface area contributed by atoms with E-state index in [9.17, 15) is 0 Å². The molecular weight excluding hydrogens is 392 g/mol. The van der Waals surface area contributed by atoms with Crippen LogP contribution in [-0.4, -0.2) is 0 Å². The average molecular weight is 439 g/mol. The molecule has 0 N–H and O–H groups in total. The van der Waals surface area contributed by atoms with E-state index in [0.717, 1.165) is 0 Å². The molecule has 0 aromatic heterocycles. The Morgan fingerprint density at radius 1 is 0.690 bits per heavy atom. The first kappa shape index (κ1) is 28.2. The standard InChI is InChI=1S/C17H29.C11H17.Fe/c1-5-9-14-13-15(10-6-2)17(12-8-4)16(14)11-7-3;1-3-6-10-8-5-9-11(10)7-4-2;/h13H,5-12H2,1-4H3;5,8-9H,3-4,6-7H2,1-2H3;/q2*-1;+2. The largest absolute Gasteiger partial charge is 2.00 e. The monoisotopic (exact) mass is 438 g/mol. The minimum absolute atomic E-state index is 0. The molecule has 2 aromatic rings. The van der Waals surface area contributed by atoms with Crippen LogP contribution in [0.1, 0.15) is 113 Å². The van der Waals surface area contributed by atoms with E-state index in [1.165, 1.54) is 77.0 Å². The Bertz CT molecular complexity index is 578. The maximum atomic E-state index is 2.52. The molecule has 166 valence electrons. The van der Waals surface area contributed by atoms with Crippen LogP contribution in [0.4, 0.5) is 0 Å². The van der Waals surface area contributed by atoms with Gasteiger partial charge in [-0.1, -0.05) is 119 Å². The molecule has 0 unspecified atom stereocenters. The fourth-order valence-corrected chi connectivity index (χ4v) is 4.40. The van der Waals surface area contributed by atoms with Gasteiger partial charge in [0.1, 0.15) is 0 Å². The topological polar surface area (TPSA) is 0 Å². The first-order valence-electron chi connectivity index (χ1n) is 12.2. The van der Waals surface area contributed by atoms with Crippen LogP contribution in [0.25, 0.3) is 0 Å². The first-order chi connectivity index (χ1) is 13.7. The van der Waals surface area contributed by atoms with Gasteiger partial charge >= 0.3 is 17.1 Å². The molecular formula is C28H46Fe. The predicted octanol–water partition coefficient (Wildman–Crippen LogP) is 8.52. The van der Waals surface area contributed by atoms with Crippen molar-refractivity contribution in [1.82, 2.24) is 0 Å². The van der Waals surface area contributed by atoms with Crippen LogP contribution < -0.4 is 0 Å². The second kappa shape index (κ2) is 17.0. The van der Waals surface area contributed by atoms with Gasteiger partial charge in [-0.15, -0.1) is 0 Å². The SMILES string of the molecule is CCCc1c[c-](CCC)c(CCC)c1CCC.CCCc1cc[cH-]c1CCC.[Fe+2]. The molecule has 0 spiro atoms. The fraction of sp³-hybridized carbons (Fsp3) is 0.643. The smallest absolute Gasteiger partial charge is 0.210 e. The summed E-state index contributed by atoms with van der Waals surface area (Å²) < 4.78 is 0. The Kier molecular flexibility index (Phi) is 16.5. The van der Waals surface area contributed by atoms with Crippen molar-refractivity contribution in [3.05, 3.63) is 57.6 Å². The van der Waals surface area contributed by atoms with Gasteiger partial charge in [-0.3, -0.25) is 0 Å². The third-order valence-electron chi connectivity index (χ3n) is 5.57. The Labute approximate surface area is 193 Å². The summed E-state index contributed by atoms with van der Waals surface area (Å²) in [4.78, 5) is 0. The predicted molar refractivity (Wildman–Crippen MR) is 128 cm³/mol. The number of hydrogen-bond acceptors (Lipinski definition) is 0. The van der Waals surface area contributed by atoms with Gasteiger partial charge in [-0.05, 0) is 0 Å². The molecule has 0 fully saturated rings. The third kappa shape index (κ3) is 9.27. The summed E-state index contributed by atoms with van der Waals surface area (Å²) in [6.07, 6.45) is 15.3. The number of hydrogen-bond donors (Lipinski definition) is 0. The van der Waals surface area contributed by atoms with Crippen LogP contribution in [0.2, 0.25) is 0 Å². The molecule has 0 nitrogen and oxygen atoms in total. The third-order valence-corrected chi connectivity index (χ3v) is 5.57. The molecule has 0 aliphatic carbocycles. The van der Waals surface area contributed by atoms with Gasteiger partial charge < -0.3 is 0 Å². The molecule has 0 heterocycles. The van der Waals surface area contributed by atoms with Crippen molar-refractivity contribution in [1.29, 1.82) is 0 Å². The van der Waals surface area contributed by atoms with Gasteiger partial charge in [0.2, 0.25) is 0 Å². The van der Waals surface area contributed by atoms with Crippen molar-refractivity contribution in [3.8, 4) is 0 Å². The van der Waals surface area contributed by atoms with E-state index in [2.05, 4.69) is 65.8 Å². The second-order valence-corrected chi connectivity index (χ2v) is 8.23. The summed E-state index contributed by atoms with van der Waals surface area (Å²) in [6.45, 7) is 13.7. The molecule has 0 aliphatic rings. The zero-order valence-electron chi connectivity index (χ0n) is 20.1. The molecule has 0 atom stereocenters. The Morgan fingerprint density at radius 2 is 1.28 bits per heavy atom. The average Bonchev–Trinajstić information content (AvgIpc) is 3.24. The summed E-state index contributed by atoms with van der Waals surface area (Å²) in [5, 5.41) is 0.